The van der Waals surface area contributed by atoms with Crippen LogP contribution in [0, 0.1) is 0 Å². The van der Waals surface area contributed by atoms with E-state index < -0.39 is 6.10 Å². The van der Waals surface area contributed by atoms with Crippen LogP contribution in [0.25, 0.3) is 0 Å². The standard InChI is InChI=1S/C26H43NO3/c1-3-5-7-9-10-11-13-15-24(26(29)27-22-17-18-22)30-25-20-23(28)19-16-21(25)14-12-8-6-4-2/h16,19-20,22,24,28H,3-15,17-18H2,1-2H3,(H,27,29). The van der Waals surface area contributed by atoms with Crippen LogP contribution in [0.15, 0.2) is 18.2 Å². The summed E-state index contributed by atoms with van der Waals surface area (Å²) in [5.41, 5.74) is 1.09. The van der Waals surface area contributed by atoms with E-state index in [1.165, 1.54) is 51.4 Å². The van der Waals surface area contributed by atoms with Gasteiger partial charge in [0.2, 0.25) is 0 Å². The van der Waals surface area contributed by atoms with Crippen LogP contribution >= 0.6 is 0 Å². The Bertz CT molecular complexity index is 612. The molecule has 1 fully saturated rings. The summed E-state index contributed by atoms with van der Waals surface area (Å²) in [7, 11) is 0. The third-order valence-corrected chi connectivity index (χ3v) is 5.91. The summed E-state index contributed by atoms with van der Waals surface area (Å²) in [6, 6.07) is 5.67. The van der Waals surface area contributed by atoms with Crippen LogP contribution in [0.4, 0.5) is 0 Å². The molecule has 0 radical (unpaired) electrons. The van der Waals surface area contributed by atoms with Gasteiger partial charge in [0.25, 0.3) is 5.91 Å². The molecule has 30 heavy (non-hydrogen) atoms. The van der Waals surface area contributed by atoms with Gasteiger partial charge in [0.1, 0.15) is 11.5 Å². The smallest absolute Gasteiger partial charge is 0.261 e. The molecule has 4 heteroatoms. The molecule has 1 saturated carbocycles. The highest BCUT2D eigenvalue weighted by Crippen LogP contribution is 2.28. The fourth-order valence-corrected chi connectivity index (χ4v) is 3.81. The van der Waals surface area contributed by atoms with Gasteiger partial charge in [0.05, 0.1) is 0 Å². The lowest BCUT2D eigenvalue weighted by molar-refractivity contribution is -0.128. The zero-order chi connectivity index (χ0) is 21.6. The SMILES string of the molecule is CCCCCCCCCC(Oc1cc(O)ccc1CCCCCC)C(=O)NC1CC1. The molecule has 1 aliphatic rings. The second-order valence-corrected chi connectivity index (χ2v) is 8.90. The molecule has 170 valence electrons. The Balaban J connectivity index is 1.92. The Kier molecular flexibility index (Phi) is 11.7. The number of phenols is 1. The number of unbranched alkanes of at least 4 members (excludes halogenated alkanes) is 9. The first-order chi connectivity index (χ1) is 14.6. The van der Waals surface area contributed by atoms with E-state index in [9.17, 15) is 9.90 Å². The topological polar surface area (TPSA) is 58.6 Å². The van der Waals surface area contributed by atoms with Gasteiger partial charge in [-0.25, -0.2) is 0 Å². The molecule has 0 saturated heterocycles. The molecule has 0 spiro atoms. The van der Waals surface area contributed by atoms with Crippen molar-refractivity contribution in [2.75, 3.05) is 0 Å². The van der Waals surface area contributed by atoms with Crippen molar-refractivity contribution in [3.63, 3.8) is 0 Å². The molecule has 2 N–H and O–H groups in total. The summed E-state index contributed by atoms with van der Waals surface area (Å²) in [5, 5.41) is 13.1. The van der Waals surface area contributed by atoms with E-state index in [1.807, 2.05) is 6.07 Å². The van der Waals surface area contributed by atoms with Gasteiger partial charge >= 0.3 is 0 Å². The van der Waals surface area contributed by atoms with Crippen LogP contribution in [0.1, 0.15) is 109 Å². The highest BCUT2D eigenvalue weighted by atomic mass is 16.5. The van der Waals surface area contributed by atoms with Crippen LogP contribution < -0.4 is 10.1 Å². The fraction of sp³-hybridized carbons (Fsp3) is 0.731. The van der Waals surface area contributed by atoms with Crippen molar-refractivity contribution in [3.8, 4) is 11.5 Å². The molecule has 0 heterocycles. The maximum atomic E-state index is 12.8. The molecular formula is C26H43NO3. The molecule has 1 amide bonds. The van der Waals surface area contributed by atoms with E-state index in [1.54, 1.807) is 12.1 Å². The van der Waals surface area contributed by atoms with Crippen molar-refractivity contribution < 1.29 is 14.6 Å². The first-order valence-corrected chi connectivity index (χ1v) is 12.4. The number of hydrogen-bond acceptors (Lipinski definition) is 3. The minimum Gasteiger partial charge on any atom is -0.508 e. The number of hydrogen-bond donors (Lipinski definition) is 2. The Labute approximate surface area is 183 Å². The zero-order valence-corrected chi connectivity index (χ0v) is 19.3. The number of amides is 1. The number of ether oxygens (including phenoxy) is 1. The van der Waals surface area contributed by atoms with E-state index in [0.717, 1.165) is 50.5 Å². The molecule has 0 aromatic heterocycles. The van der Waals surface area contributed by atoms with Crippen LogP contribution in [0.2, 0.25) is 0 Å². The quantitative estimate of drug-likeness (QED) is 0.278. The third kappa shape index (κ3) is 9.86. The number of carbonyl (C=O) groups is 1. The largest absolute Gasteiger partial charge is 0.508 e. The van der Waals surface area contributed by atoms with Gasteiger partial charge in [-0.05, 0) is 50.2 Å². The summed E-state index contributed by atoms with van der Waals surface area (Å²) in [5.74, 6) is 0.869. The number of benzene rings is 1. The van der Waals surface area contributed by atoms with Gasteiger partial charge in [0, 0.05) is 12.1 Å². The first-order valence-electron chi connectivity index (χ1n) is 12.4. The molecule has 0 aliphatic heterocycles. The number of phenolic OH excluding ortho intramolecular Hbond substituents is 1. The molecule has 1 aromatic carbocycles. The lowest BCUT2D eigenvalue weighted by Gasteiger charge is -2.21. The molecule has 1 unspecified atom stereocenters. The summed E-state index contributed by atoms with van der Waals surface area (Å²) in [4.78, 5) is 12.8. The molecule has 2 rings (SSSR count). The number of carbonyl (C=O) groups excluding carboxylic acids is 1. The normalized spacial score (nSPS) is 14.5. The average Bonchev–Trinajstić information content (AvgIpc) is 3.54. The minimum atomic E-state index is -0.475. The maximum absolute atomic E-state index is 12.8. The van der Waals surface area contributed by atoms with Crippen molar-refractivity contribution in [2.45, 2.75) is 122 Å². The predicted octanol–water partition coefficient (Wildman–Crippen LogP) is 6.68. The second-order valence-electron chi connectivity index (χ2n) is 8.90. The highest BCUT2D eigenvalue weighted by Gasteiger charge is 2.28. The minimum absolute atomic E-state index is 0.00348. The summed E-state index contributed by atoms with van der Waals surface area (Å²) in [6.07, 6.45) is 16.6. The van der Waals surface area contributed by atoms with Crippen molar-refractivity contribution in [2.24, 2.45) is 0 Å². The highest BCUT2D eigenvalue weighted by molar-refractivity contribution is 5.81. The van der Waals surface area contributed by atoms with Crippen molar-refractivity contribution in [1.82, 2.24) is 5.32 Å². The zero-order valence-electron chi connectivity index (χ0n) is 19.3. The Morgan fingerprint density at radius 1 is 1.00 bits per heavy atom. The molecule has 4 nitrogen and oxygen atoms in total. The van der Waals surface area contributed by atoms with Gasteiger partial charge in [-0.15, -0.1) is 0 Å². The summed E-state index contributed by atoms with van der Waals surface area (Å²) in [6.45, 7) is 4.45. The maximum Gasteiger partial charge on any atom is 0.261 e. The predicted molar refractivity (Wildman–Crippen MR) is 124 cm³/mol. The van der Waals surface area contributed by atoms with Gasteiger partial charge in [0.15, 0.2) is 6.10 Å². The van der Waals surface area contributed by atoms with Crippen molar-refractivity contribution in [1.29, 1.82) is 0 Å². The third-order valence-electron chi connectivity index (χ3n) is 5.91. The fourth-order valence-electron chi connectivity index (χ4n) is 3.81. The van der Waals surface area contributed by atoms with E-state index in [2.05, 4.69) is 19.2 Å². The number of rotatable bonds is 17. The Morgan fingerprint density at radius 2 is 1.63 bits per heavy atom. The number of aryl methyl sites for hydroxylation is 1. The molecule has 1 aromatic rings. The van der Waals surface area contributed by atoms with Crippen molar-refractivity contribution in [3.05, 3.63) is 23.8 Å². The molecule has 0 bridgehead atoms. The van der Waals surface area contributed by atoms with E-state index >= 15 is 0 Å². The lowest BCUT2D eigenvalue weighted by atomic mass is 10.0. The van der Waals surface area contributed by atoms with Gasteiger partial charge in [-0.2, -0.15) is 0 Å². The Hall–Kier alpha value is -1.71. The van der Waals surface area contributed by atoms with Gasteiger partial charge < -0.3 is 15.2 Å². The summed E-state index contributed by atoms with van der Waals surface area (Å²) < 4.78 is 6.25. The van der Waals surface area contributed by atoms with Crippen molar-refractivity contribution >= 4 is 5.91 Å². The van der Waals surface area contributed by atoms with Crippen LogP contribution in [0.3, 0.4) is 0 Å². The monoisotopic (exact) mass is 417 g/mol. The van der Waals surface area contributed by atoms with Gasteiger partial charge in [-0.1, -0.05) is 77.7 Å². The second kappa shape index (κ2) is 14.3. The summed E-state index contributed by atoms with van der Waals surface area (Å²) >= 11 is 0. The molecule has 1 atom stereocenters. The first kappa shape index (κ1) is 24.6. The van der Waals surface area contributed by atoms with E-state index in [4.69, 9.17) is 4.74 Å². The van der Waals surface area contributed by atoms with Gasteiger partial charge in [-0.3, -0.25) is 4.79 Å². The van der Waals surface area contributed by atoms with Crippen LogP contribution in [0.5, 0.6) is 11.5 Å². The average molecular weight is 418 g/mol. The number of aromatic hydroxyl groups is 1. The lowest BCUT2D eigenvalue weighted by Crippen LogP contribution is -2.39. The number of nitrogens with one attached hydrogen (secondary N) is 1. The Morgan fingerprint density at radius 3 is 2.30 bits per heavy atom. The van der Waals surface area contributed by atoms with E-state index in [-0.39, 0.29) is 11.7 Å². The molecular weight excluding hydrogens is 374 g/mol. The van der Waals surface area contributed by atoms with E-state index in [0.29, 0.717) is 11.8 Å². The molecule has 1 aliphatic carbocycles. The van der Waals surface area contributed by atoms with Crippen LogP contribution in [-0.4, -0.2) is 23.2 Å². The van der Waals surface area contributed by atoms with Crippen LogP contribution in [-0.2, 0) is 11.2 Å².